The lowest BCUT2D eigenvalue weighted by atomic mass is 10.2. The number of carbonyl (C=O) groups excluding carboxylic acids is 2. The molecule has 37 heavy (non-hydrogen) atoms. The molecule has 0 unspecified atom stereocenters. The van der Waals surface area contributed by atoms with E-state index in [1.165, 1.54) is 0 Å². The van der Waals surface area contributed by atoms with Gasteiger partial charge in [-0.2, -0.15) is 0 Å². The Balaban J connectivity index is 3.10. The van der Waals surface area contributed by atoms with Crippen LogP contribution in [0.5, 0.6) is 0 Å². The second kappa shape index (κ2) is 30.9. The van der Waals surface area contributed by atoms with E-state index in [1.54, 1.807) is 0 Å². The van der Waals surface area contributed by atoms with E-state index in [-0.39, 0.29) is 25.2 Å². The molecule has 0 saturated carbocycles. The van der Waals surface area contributed by atoms with Crippen LogP contribution in [0.3, 0.4) is 0 Å². The number of carbonyl (C=O) groups is 2. The minimum absolute atomic E-state index is 0.161. The first-order valence-corrected chi connectivity index (χ1v) is 13.6. The predicted octanol–water partition coefficient (Wildman–Crippen LogP) is 2.57. The van der Waals surface area contributed by atoms with E-state index >= 15 is 0 Å². The largest absolute Gasteiger partial charge is 0.463 e. The third-order valence-electron chi connectivity index (χ3n) is 4.65. The van der Waals surface area contributed by atoms with Crippen molar-refractivity contribution in [2.75, 3.05) is 106 Å². The number of unbranched alkanes of at least 4 members (excludes halogenated alkanes) is 2. The summed E-state index contributed by atoms with van der Waals surface area (Å²) in [5.41, 5.74) is 0. The first-order chi connectivity index (χ1) is 18.2. The molecule has 0 fully saturated rings. The summed E-state index contributed by atoms with van der Waals surface area (Å²) in [7, 11) is 0. The summed E-state index contributed by atoms with van der Waals surface area (Å²) in [5, 5.41) is 0. The Morgan fingerprint density at radius 3 is 0.973 bits per heavy atom. The molecule has 0 aromatic rings. The van der Waals surface area contributed by atoms with Crippen molar-refractivity contribution < 1.29 is 52.2 Å². The second-order valence-electron chi connectivity index (χ2n) is 7.93. The summed E-state index contributed by atoms with van der Waals surface area (Å²) in [5.74, 6) is -0.350. The Morgan fingerprint density at radius 2 is 0.676 bits per heavy atom. The number of rotatable bonds is 30. The van der Waals surface area contributed by atoms with E-state index in [4.69, 9.17) is 42.6 Å². The molecule has 0 N–H and O–H groups in total. The van der Waals surface area contributed by atoms with E-state index in [9.17, 15) is 9.59 Å². The average Bonchev–Trinajstić information content (AvgIpc) is 2.89. The molecular weight excluding hydrogens is 488 g/mol. The van der Waals surface area contributed by atoms with E-state index in [0.717, 1.165) is 25.7 Å². The van der Waals surface area contributed by atoms with Crippen LogP contribution in [-0.4, -0.2) is 118 Å². The molecule has 11 nitrogen and oxygen atoms in total. The van der Waals surface area contributed by atoms with E-state index < -0.39 is 0 Å². The third kappa shape index (κ3) is 30.8. The molecule has 0 aromatic heterocycles. The van der Waals surface area contributed by atoms with Gasteiger partial charge in [0.05, 0.1) is 92.5 Å². The first-order valence-electron chi connectivity index (χ1n) is 13.6. The summed E-state index contributed by atoms with van der Waals surface area (Å²) >= 11 is 0. The minimum Gasteiger partial charge on any atom is -0.463 e. The molecule has 0 atom stereocenters. The van der Waals surface area contributed by atoms with Crippen LogP contribution in [0.25, 0.3) is 0 Å². The summed E-state index contributed by atoms with van der Waals surface area (Å²) < 4.78 is 47.8. The first kappa shape index (κ1) is 35.7. The topological polar surface area (TPSA) is 117 Å². The molecule has 0 aliphatic heterocycles. The van der Waals surface area contributed by atoms with Gasteiger partial charge in [-0.05, 0) is 12.8 Å². The van der Waals surface area contributed by atoms with E-state index in [0.29, 0.717) is 105 Å². The molecule has 0 spiro atoms. The molecule has 0 radical (unpaired) electrons. The van der Waals surface area contributed by atoms with Gasteiger partial charge in [-0.3, -0.25) is 9.59 Å². The Hall–Kier alpha value is -1.34. The van der Waals surface area contributed by atoms with Gasteiger partial charge < -0.3 is 42.6 Å². The van der Waals surface area contributed by atoms with Crippen molar-refractivity contribution in [3.63, 3.8) is 0 Å². The van der Waals surface area contributed by atoms with E-state index in [2.05, 4.69) is 6.92 Å². The van der Waals surface area contributed by atoms with Gasteiger partial charge in [0.25, 0.3) is 0 Å². The number of esters is 2. The molecule has 0 aromatic carbocycles. The van der Waals surface area contributed by atoms with Crippen molar-refractivity contribution in [2.24, 2.45) is 0 Å². The molecule has 0 saturated heterocycles. The third-order valence-corrected chi connectivity index (χ3v) is 4.65. The van der Waals surface area contributed by atoms with Crippen molar-refractivity contribution in [1.82, 2.24) is 0 Å². The zero-order valence-corrected chi connectivity index (χ0v) is 23.0. The summed E-state index contributed by atoms with van der Waals surface area (Å²) in [6.45, 7) is 11.1. The standard InChI is InChI=1S/C26H50O11/c1-3-5-6-8-26(28)37-24-22-35-20-18-33-16-14-31-12-10-29-9-11-30-13-15-32-17-19-34-21-23-36-25(27)7-4-2/h3-24H2,1-2H3. The Kier molecular flexibility index (Phi) is 29.8. The highest BCUT2D eigenvalue weighted by atomic mass is 16.6. The highest BCUT2D eigenvalue weighted by Crippen LogP contribution is 2.00. The molecule has 0 amide bonds. The molecular formula is C26H50O11. The van der Waals surface area contributed by atoms with Crippen LogP contribution in [0.1, 0.15) is 52.4 Å². The highest BCUT2D eigenvalue weighted by Gasteiger charge is 2.02. The predicted molar refractivity (Wildman–Crippen MR) is 137 cm³/mol. The Labute approximate surface area is 222 Å². The van der Waals surface area contributed by atoms with Gasteiger partial charge in [-0.15, -0.1) is 0 Å². The maximum absolute atomic E-state index is 11.4. The van der Waals surface area contributed by atoms with Crippen LogP contribution in [0.15, 0.2) is 0 Å². The minimum atomic E-state index is -0.189. The second-order valence-corrected chi connectivity index (χ2v) is 7.93. The van der Waals surface area contributed by atoms with Gasteiger partial charge in [-0.25, -0.2) is 0 Å². The summed E-state index contributed by atoms with van der Waals surface area (Å²) in [4.78, 5) is 22.6. The van der Waals surface area contributed by atoms with Crippen LogP contribution in [-0.2, 0) is 52.2 Å². The van der Waals surface area contributed by atoms with Crippen LogP contribution < -0.4 is 0 Å². The molecule has 0 aliphatic rings. The fraction of sp³-hybridized carbons (Fsp3) is 0.923. The van der Waals surface area contributed by atoms with Gasteiger partial charge >= 0.3 is 11.9 Å². The molecule has 0 rings (SSSR count). The van der Waals surface area contributed by atoms with E-state index in [1.807, 2.05) is 6.92 Å². The summed E-state index contributed by atoms with van der Waals surface area (Å²) in [6, 6.07) is 0. The normalized spacial score (nSPS) is 11.1. The molecule has 0 bridgehead atoms. The zero-order chi connectivity index (χ0) is 27.1. The summed E-state index contributed by atoms with van der Waals surface area (Å²) in [6.07, 6.45) is 4.72. The maximum Gasteiger partial charge on any atom is 0.305 e. The number of ether oxygens (including phenoxy) is 9. The van der Waals surface area contributed by atoms with Gasteiger partial charge in [-0.1, -0.05) is 26.7 Å². The van der Waals surface area contributed by atoms with Crippen LogP contribution in [0.4, 0.5) is 0 Å². The molecule has 220 valence electrons. The smallest absolute Gasteiger partial charge is 0.305 e. The van der Waals surface area contributed by atoms with Crippen LogP contribution in [0.2, 0.25) is 0 Å². The lowest BCUT2D eigenvalue weighted by molar-refractivity contribution is -0.146. The molecule has 11 heteroatoms. The lowest BCUT2D eigenvalue weighted by Gasteiger charge is -2.09. The van der Waals surface area contributed by atoms with Crippen molar-refractivity contribution in [2.45, 2.75) is 52.4 Å². The van der Waals surface area contributed by atoms with Crippen molar-refractivity contribution in [3.8, 4) is 0 Å². The van der Waals surface area contributed by atoms with Crippen molar-refractivity contribution in [3.05, 3.63) is 0 Å². The fourth-order valence-corrected chi connectivity index (χ4v) is 2.72. The molecule has 0 heterocycles. The quantitative estimate of drug-likeness (QED) is 0.0992. The number of hydrogen-bond acceptors (Lipinski definition) is 11. The molecule has 0 aliphatic carbocycles. The fourth-order valence-electron chi connectivity index (χ4n) is 2.72. The maximum atomic E-state index is 11.4. The SMILES string of the molecule is CCCCCC(=O)OCCOCCOCCOCCOCCOCCOCCOCCOC(=O)CCC. The Morgan fingerprint density at radius 1 is 0.378 bits per heavy atom. The van der Waals surface area contributed by atoms with Gasteiger partial charge in [0, 0.05) is 12.8 Å². The van der Waals surface area contributed by atoms with Gasteiger partial charge in [0.2, 0.25) is 0 Å². The average molecular weight is 539 g/mol. The lowest BCUT2D eigenvalue weighted by Crippen LogP contribution is -2.15. The van der Waals surface area contributed by atoms with Crippen molar-refractivity contribution in [1.29, 1.82) is 0 Å². The number of hydrogen-bond donors (Lipinski definition) is 0. The monoisotopic (exact) mass is 538 g/mol. The van der Waals surface area contributed by atoms with Gasteiger partial charge in [0.15, 0.2) is 0 Å². The zero-order valence-electron chi connectivity index (χ0n) is 23.0. The highest BCUT2D eigenvalue weighted by molar-refractivity contribution is 5.69. The Bertz CT molecular complexity index is 491. The van der Waals surface area contributed by atoms with Crippen LogP contribution in [0, 0.1) is 0 Å². The van der Waals surface area contributed by atoms with Crippen molar-refractivity contribution >= 4 is 11.9 Å². The van der Waals surface area contributed by atoms with Crippen LogP contribution >= 0.6 is 0 Å². The van der Waals surface area contributed by atoms with Gasteiger partial charge in [0.1, 0.15) is 13.2 Å².